The molecule has 5 rings (SSSR count). The first-order chi connectivity index (χ1) is 15.4. The van der Waals surface area contributed by atoms with E-state index in [1.54, 1.807) is 47.1 Å². The maximum absolute atomic E-state index is 13.2. The number of amides is 1. The largest absolute Gasteiger partial charge is 0.479 e. The van der Waals surface area contributed by atoms with Gasteiger partial charge in [-0.1, -0.05) is 35.9 Å². The lowest BCUT2D eigenvalue weighted by atomic mass is 9.95. The SMILES string of the molecule is O=C(NC1(C(=O)O)Cc2ccccc2C1)c1cc(-c2ccco2)n(-c2ccc(Cl)cc2)n1. The van der Waals surface area contributed by atoms with Crippen molar-refractivity contribution in [2.45, 2.75) is 18.4 Å². The Morgan fingerprint density at radius 1 is 1.03 bits per heavy atom. The predicted molar refractivity (Wildman–Crippen MR) is 118 cm³/mol. The highest BCUT2D eigenvalue weighted by atomic mass is 35.5. The maximum Gasteiger partial charge on any atom is 0.330 e. The molecule has 0 saturated heterocycles. The molecule has 2 N–H and O–H groups in total. The van der Waals surface area contributed by atoms with Crippen molar-refractivity contribution in [3.63, 3.8) is 0 Å². The van der Waals surface area contributed by atoms with Crippen LogP contribution in [0.25, 0.3) is 17.1 Å². The molecule has 0 atom stereocenters. The standard InChI is InChI=1S/C24H18ClN3O4/c25-17-7-9-18(10-8-17)28-20(21-6-3-11-32-21)12-19(27-28)22(29)26-24(23(30)31)13-15-4-1-2-5-16(15)14-24/h1-12H,13-14H2,(H,26,29)(H,30,31). The van der Waals surface area contributed by atoms with Crippen LogP contribution in [0.3, 0.4) is 0 Å². The Morgan fingerprint density at radius 2 is 1.72 bits per heavy atom. The number of fused-ring (bicyclic) bond motifs is 1. The fourth-order valence-electron chi connectivity index (χ4n) is 4.06. The summed E-state index contributed by atoms with van der Waals surface area (Å²) in [5.41, 5.74) is 1.73. The second kappa shape index (κ2) is 7.69. The van der Waals surface area contributed by atoms with Crippen molar-refractivity contribution in [2.75, 3.05) is 0 Å². The zero-order valence-electron chi connectivity index (χ0n) is 16.8. The minimum absolute atomic E-state index is 0.0860. The van der Waals surface area contributed by atoms with E-state index >= 15 is 0 Å². The van der Waals surface area contributed by atoms with Gasteiger partial charge < -0.3 is 14.8 Å². The predicted octanol–water partition coefficient (Wildman–Crippen LogP) is 4.14. The molecule has 0 saturated carbocycles. The minimum atomic E-state index is -1.42. The zero-order valence-corrected chi connectivity index (χ0v) is 17.5. The number of rotatable bonds is 5. The molecule has 8 heteroatoms. The molecular formula is C24H18ClN3O4. The normalized spacial score (nSPS) is 14.2. The van der Waals surface area contributed by atoms with Crippen LogP contribution in [0.5, 0.6) is 0 Å². The van der Waals surface area contributed by atoms with Crippen molar-refractivity contribution in [1.82, 2.24) is 15.1 Å². The number of nitrogens with one attached hydrogen (secondary N) is 1. The average Bonchev–Trinajstić information content (AvgIpc) is 3.52. The molecular weight excluding hydrogens is 430 g/mol. The van der Waals surface area contributed by atoms with E-state index in [0.717, 1.165) is 11.1 Å². The molecule has 2 aromatic carbocycles. The molecule has 0 spiro atoms. The van der Waals surface area contributed by atoms with Gasteiger partial charge in [-0.3, -0.25) is 4.79 Å². The van der Waals surface area contributed by atoms with Crippen LogP contribution in [0.4, 0.5) is 0 Å². The number of aromatic nitrogens is 2. The number of carbonyl (C=O) groups excluding carboxylic acids is 1. The number of aliphatic carboxylic acids is 1. The van der Waals surface area contributed by atoms with Gasteiger partial charge in [-0.25, -0.2) is 9.48 Å². The highest BCUT2D eigenvalue weighted by Crippen LogP contribution is 2.31. The molecule has 0 bridgehead atoms. The summed E-state index contributed by atoms with van der Waals surface area (Å²) in [6.07, 6.45) is 1.96. The first-order valence-corrected chi connectivity index (χ1v) is 10.4. The Bertz CT molecular complexity index is 1280. The van der Waals surface area contributed by atoms with Crippen LogP contribution in [0.2, 0.25) is 5.02 Å². The van der Waals surface area contributed by atoms with Crippen molar-refractivity contribution < 1.29 is 19.1 Å². The number of nitrogens with zero attached hydrogens (tertiary/aromatic N) is 2. The molecule has 7 nitrogen and oxygen atoms in total. The summed E-state index contributed by atoms with van der Waals surface area (Å²) in [5, 5.41) is 17.7. The first-order valence-electron chi connectivity index (χ1n) is 9.98. The van der Waals surface area contributed by atoms with Crippen LogP contribution in [0.15, 0.2) is 77.4 Å². The second-order valence-corrected chi connectivity index (χ2v) is 8.18. The lowest BCUT2D eigenvalue weighted by Gasteiger charge is -2.25. The van der Waals surface area contributed by atoms with Crippen molar-refractivity contribution in [1.29, 1.82) is 0 Å². The average molecular weight is 448 g/mol. The molecule has 1 aliphatic carbocycles. The van der Waals surface area contributed by atoms with Crippen molar-refractivity contribution >= 4 is 23.5 Å². The summed E-state index contributed by atoms with van der Waals surface area (Å²) < 4.78 is 7.09. The Kier molecular flexibility index (Phi) is 4.83. The number of carboxylic acids is 1. The van der Waals surface area contributed by atoms with Crippen LogP contribution in [0.1, 0.15) is 21.6 Å². The number of hydrogen-bond donors (Lipinski definition) is 2. The topological polar surface area (TPSA) is 97.4 Å². The van der Waals surface area contributed by atoms with E-state index in [2.05, 4.69) is 10.4 Å². The van der Waals surface area contributed by atoms with E-state index < -0.39 is 17.4 Å². The number of carbonyl (C=O) groups is 2. The van der Waals surface area contributed by atoms with Gasteiger partial charge in [-0.05, 0) is 47.5 Å². The minimum Gasteiger partial charge on any atom is -0.479 e. The van der Waals surface area contributed by atoms with Crippen molar-refractivity contribution in [3.8, 4) is 17.1 Å². The molecule has 160 valence electrons. The lowest BCUT2D eigenvalue weighted by Crippen LogP contribution is -2.55. The van der Waals surface area contributed by atoms with Crippen LogP contribution in [0, 0.1) is 0 Å². The number of halogens is 1. The van der Waals surface area contributed by atoms with Gasteiger partial charge in [0.25, 0.3) is 5.91 Å². The van der Waals surface area contributed by atoms with Gasteiger partial charge in [0, 0.05) is 23.9 Å². The molecule has 32 heavy (non-hydrogen) atoms. The van der Waals surface area contributed by atoms with E-state index in [0.29, 0.717) is 22.2 Å². The number of furan rings is 1. The third-order valence-corrected chi connectivity index (χ3v) is 5.90. The Morgan fingerprint density at radius 3 is 2.31 bits per heavy atom. The van der Waals surface area contributed by atoms with Crippen molar-refractivity contribution in [3.05, 3.63) is 94.8 Å². The molecule has 1 aliphatic rings. The third kappa shape index (κ3) is 3.46. The van der Waals surface area contributed by atoms with Crippen LogP contribution in [-0.4, -0.2) is 32.3 Å². The van der Waals surface area contributed by atoms with Crippen LogP contribution in [-0.2, 0) is 17.6 Å². The molecule has 1 amide bonds. The fraction of sp³-hybridized carbons (Fsp3) is 0.125. The van der Waals surface area contributed by atoms with Crippen LogP contribution >= 0.6 is 11.6 Å². The van der Waals surface area contributed by atoms with Gasteiger partial charge >= 0.3 is 5.97 Å². The Labute approximate surface area is 188 Å². The highest BCUT2D eigenvalue weighted by Gasteiger charge is 2.45. The summed E-state index contributed by atoms with van der Waals surface area (Å²) in [6.45, 7) is 0. The van der Waals surface area contributed by atoms with E-state index in [-0.39, 0.29) is 18.5 Å². The van der Waals surface area contributed by atoms with Gasteiger partial charge in [0.2, 0.25) is 0 Å². The molecule has 0 aliphatic heterocycles. The summed E-state index contributed by atoms with van der Waals surface area (Å²) in [6, 6.07) is 19.6. The highest BCUT2D eigenvalue weighted by molar-refractivity contribution is 6.30. The quantitative estimate of drug-likeness (QED) is 0.479. The van der Waals surface area contributed by atoms with E-state index in [1.165, 1.54) is 6.26 Å². The first kappa shape index (κ1) is 20.1. The molecule has 2 aromatic heterocycles. The van der Waals surface area contributed by atoms with E-state index in [4.69, 9.17) is 16.0 Å². The number of benzene rings is 2. The zero-order chi connectivity index (χ0) is 22.3. The van der Waals surface area contributed by atoms with Gasteiger partial charge in [0.15, 0.2) is 11.5 Å². The maximum atomic E-state index is 13.2. The third-order valence-electron chi connectivity index (χ3n) is 5.65. The summed E-state index contributed by atoms with van der Waals surface area (Å²) >= 11 is 6.00. The Hall–Kier alpha value is -3.84. The van der Waals surface area contributed by atoms with Gasteiger partial charge in [0.1, 0.15) is 11.2 Å². The summed E-state index contributed by atoms with van der Waals surface area (Å²) in [5.74, 6) is -1.13. The van der Waals surface area contributed by atoms with E-state index in [9.17, 15) is 14.7 Å². The van der Waals surface area contributed by atoms with E-state index in [1.807, 2.05) is 24.3 Å². The van der Waals surface area contributed by atoms with Crippen molar-refractivity contribution in [2.24, 2.45) is 0 Å². The molecule has 0 fully saturated rings. The molecule has 4 aromatic rings. The summed E-state index contributed by atoms with van der Waals surface area (Å²) in [7, 11) is 0. The fourth-order valence-corrected chi connectivity index (χ4v) is 4.19. The molecule has 0 unspecified atom stereocenters. The van der Waals surface area contributed by atoms with Gasteiger partial charge in [-0.15, -0.1) is 0 Å². The second-order valence-electron chi connectivity index (χ2n) is 7.74. The monoisotopic (exact) mass is 447 g/mol. The van der Waals surface area contributed by atoms with Gasteiger partial charge in [-0.2, -0.15) is 5.10 Å². The van der Waals surface area contributed by atoms with Crippen LogP contribution < -0.4 is 5.32 Å². The summed E-state index contributed by atoms with van der Waals surface area (Å²) in [4.78, 5) is 25.4. The van der Waals surface area contributed by atoms with Gasteiger partial charge in [0.05, 0.1) is 12.0 Å². The number of hydrogen-bond acceptors (Lipinski definition) is 4. The smallest absolute Gasteiger partial charge is 0.330 e. The number of carboxylic acid groups (broad SMARTS) is 1. The molecule has 0 radical (unpaired) electrons. The Balaban J connectivity index is 1.51. The lowest BCUT2D eigenvalue weighted by molar-refractivity contribution is -0.144. The molecule has 2 heterocycles.